The van der Waals surface area contributed by atoms with Crippen LogP contribution in [0.4, 0.5) is 0 Å². The highest BCUT2D eigenvalue weighted by atomic mass is 16.5. The molecule has 1 atom stereocenters. The van der Waals surface area contributed by atoms with Crippen molar-refractivity contribution in [2.24, 2.45) is 0 Å². The zero-order valence-corrected chi connectivity index (χ0v) is 17.0. The first-order valence-electron chi connectivity index (χ1n) is 10.4. The number of hydrogen-bond donors (Lipinski definition) is 0. The van der Waals surface area contributed by atoms with E-state index in [-0.39, 0.29) is 11.8 Å². The van der Waals surface area contributed by atoms with Gasteiger partial charge in [-0.3, -0.25) is 9.59 Å². The number of likely N-dealkylation sites (tertiary alicyclic amines) is 2. The lowest BCUT2D eigenvalue weighted by molar-refractivity contribution is -0.145. The second-order valence-electron chi connectivity index (χ2n) is 7.95. The molecule has 2 aromatic carbocycles. The van der Waals surface area contributed by atoms with Gasteiger partial charge >= 0.3 is 0 Å². The molecule has 0 aromatic heterocycles. The second-order valence-corrected chi connectivity index (χ2v) is 7.95. The van der Waals surface area contributed by atoms with Crippen LogP contribution in [0.2, 0.25) is 0 Å². The van der Waals surface area contributed by atoms with Gasteiger partial charge in [0.25, 0.3) is 5.91 Å². The number of ether oxygens (including phenoxy) is 1. The van der Waals surface area contributed by atoms with E-state index in [0.29, 0.717) is 18.7 Å². The Balaban J connectivity index is 1.51. The Hall–Kier alpha value is -2.82. The smallest absolute Gasteiger partial charge is 0.254 e. The van der Waals surface area contributed by atoms with E-state index in [1.807, 2.05) is 28.0 Å². The summed E-state index contributed by atoms with van der Waals surface area (Å²) in [4.78, 5) is 30.6. The number of amides is 2. The van der Waals surface area contributed by atoms with Crippen LogP contribution in [0.1, 0.15) is 41.6 Å². The van der Waals surface area contributed by atoms with E-state index < -0.39 is 5.54 Å². The fourth-order valence-corrected chi connectivity index (χ4v) is 4.73. The van der Waals surface area contributed by atoms with E-state index in [2.05, 4.69) is 12.1 Å². The van der Waals surface area contributed by atoms with Crippen molar-refractivity contribution in [1.82, 2.24) is 9.80 Å². The molecule has 0 N–H and O–H groups in total. The van der Waals surface area contributed by atoms with E-state index >= 15 is 0 Å². The molecule has 29 heavy (non-hydrogen) atoms. The molecule has 2 fully saturated rings. The first-order chi connectivity index (χ1) is 14.1. The molecule has 2 aliphatic heterocycles. The van der Waals surface area contributed by atoms with Gasteiger partial charge in [-0.1, -0.05) is 30.3 Å². The van der Waals surface area contributed by atoms with E-state index in [4.69, 9.17) is 4.74 Å². The molecule has 5 heteroatoms. The fraction of sp³-hybridized carbons (Fsp3) is 0.417. The van der Waals surface area contributed by atoms with Crippen LogP contribution in [0.25, 0.3) is 0 Å². The van der Waals surface area contributed by atoms with Gasteiger partial charge in [-0.2, -0.15) is 0 Å². The Morgan fingerprint density at radius 2 is 1.69 bits per heavy atom. The van der Waals surface area contributed by atoms with Gasteiger partial charge in [0, 0.05) is 25.2 Å². The summed E-state index contributed by atoms with van der Waals surface area (Å²) in [5.41, 5.74) is 1.17. The van der Waals surface area contributed by atoms with Crippen molar-refractivity contribution in [2.75, 3.05) is 26.7 Å². The number of carbonyl (C=O) groups is 2. The molecule has 152 valence electrons. The van der Waals surface area contributed by atoms with Crippen LogP contribution in [-0.4, -0.2) is 53.9 Å². The van der Waals surface area contributed by atoms with Crippen molar-refractivity contribution < 1.29 is 14.3 Å². The summed E-state index contributed by atoms with van der Waals surface area (Å²) in [5.74, 6) is 0.793. The first kappa shape index (κ1) is 19.5. The molecule has 2 saturated heterocycles. The van der Waals surface area contributed by atoms with Crippen LogP contribution in [0.3, 0.4) is 0 Å². The highest BCUT2D eigenvalue weighted by molar-refractivity contribution is 6.00. The van der Waals surface area contributed by atoms with Crippen LogP contribution >= 0.6 is 0 Å². The van der Waals surface area contributed by atoms with Crippen molar-refractivity contribution in [3.8, 4) is 5.75 Å². The van der Waals surface area contributed by atoms with Gasteiger partial charge in [0.2, 0.25) is 5.91 Å². The van der Waals surface area contributed by atoms with Crippen LogP contribution in [0, 0.1) is 0 Å². The van der Waals surface area contributed by atoms with E-state index in [1.54, 1.807) is 31.4 Å². The normalized spacial score (nSPS) is 21.6. The quantitative estimate of drug-likeness (QED) is 0.782. The molecular formula is C24H28N2O3. The molecule has 2 aliphatic rings. The monoisotopic (exact) mass is 392 g/mol. The molecule has 0 bridgehead atoms. The molecule has 2 amide bonds. The van der Waals surface area contributed by atoms with Crippen molar-refractivity contribution in [2.45, 2.75) is 37.6 Å². The van der Waals surface area contributed by atoms with Crippen molar-refractivity contribution >= 4 is 11.8 Å². The third-order valence-electron chi connectivity index (χ3n) is 6.29. The van der Waals surface area contributed by atoms with Crippen LogP contribution < -0.4 is 4.74 Å². The zero-order chi connectivity index (χ0) is 20.3. The first-order valence-corrected chi connectivity index (χ1v) is 10.4. The second kappa shape index (κ2) is 8.27. The predicted octanol–water partition coefficient (Wildman–Crippen LogP) is 3.54. The maximum atomic E-state index is 13.5. The zero-order valence-electron chi connectivity index (χ0n) is 17.0. The molecule has 0 aliphatic carbocycles. The standard InChI is InChI=1S/C24H28N2O3/c1-29-21-11-9-20(10-12-21)22(27)26-17-6-15-24(26)14-5-16-25(23(24)28)18-13-19-7-3-2-4-8-19/h2-4,7-12H,5-6,13-18H2,1H3. The van der Waals surface area contributed by atoms with Crippen molar-refractivity contribution in [1.29, 1.82) is 0 Å². The Morgan fingerprint density at radius 3 is 2.38 bits per heavy atom. The Labute approximate surface area is 172 Å². The Morgan fingerprint density at radius 1 is 1.00 bits per heavy atom. The minimum Gasteiger partial charge on any atom is -0.497 e. The average molecular weight is 392 g/mol. The Bertz CT molecular complexity index is 865. The van der Waals surface area contributed by atoms with Gasteiger partial charge < -0.3 is 14.5 Å². The fourth-order valence-electron chi connectivity index (χ4n) is 4.73. The molecule has 1 unspecified atom stereocenters. The molecular weight excluding hydrogens is 364 g/mol. The highest BCUT2D eigenvalue weighted by Crippen LogP contribution is 2.39. The summed E-state index contributed by atoms with van der Waals surface area (Å²) in [6.07, 6.45) is 4.17. The lowest BCUT2D eigenvalue weighted by atomic mass is 9.84. The third kappa shape index (κ3) is 3.74. The molecule has 4 rings (SSSR count). The predicted molar refractivity (Wildman–Crippen MR) is 112 cm³/mol. The minimum atomic E-state index is -0.675. The maximum Gasteiger partial charge on any atom is 0.254 e. The van der Waals surface area contributed by atoms with Crippen molar-refractivity contribution in [3.05, 3.63) is 65.7 Å². The van der Waals surface area contributed by atoms with E-state index in [0.717, 1.165) is 44.4 Å². The number of hydrogen-bond acceptors (Lipinski definition) is 3. The summed E-state index contributed by atoms with van der Waals surface area (Å²) in [7, 11) is 1.61. The largest absolute Gasteiger partial charge is 0.497 e. The van der Waals surface area contributed by atoms with E-state index in [1.165, 1.54) is 5.56 Å². The number of rotatable bonds is 5. The molecule has 1 spiro atoms. The summed E-state index contributed by atoms with van der Waals surface area (Å²) in [6, 6.07) is 17.4. The van der Waals surface area contributed by atoms with Gasteiger partial charge in [0.1, 0.15) is 11.3 Å². The van der Waals surface area contributed by atoms with Crippen LogP contribution in [-0.2, 0) is 11.2 Å². The number of nitrogens with zero attached hydrogens (tertiary/aromatic N) is 2. The molecule has 0 saturated carbocycles. The summed E-state index contributed by atoms with van der Waals surface area (Å²) in [5, 5.41) is 0. The average Bonchev–Trinajstić information content (AvgIpc) is 3.19. The van der Waals surface area contributed by atoms with Gasteiger partial charge in [-0.15, -0.1) is 0 Å². The van der Waals surface area contributed by atoms with Crippen molar-refractivity contribution in [3.63, 3.8) is 0 Å². The SMILES string of the molecule is COc1ccc(C(=O)N2CCCC23CCCN(CCc2ccccc2)C3=O)cc1. The highest BCUT2D eigenvalue weighted by Gasteiger charge is 2.52. The topological polar surface area (TPSA) is 49.9 Å². The minimum absolute atomic E-state index is 0.0524. The number of benzene rings is 2. The number of piperidine rings is 1. The Kier molecular flexibility index (Phi) is 5.56. The molecule has 2 heterocycles. The maximum absolute atomic E-state index is 13.5. The number of carbonyl (C=O) groups excluding carboxylic acids is 2. The molecule has 5 nitrogen and oxygen atoms in total. The summed E-state index contributed by atoms with van der Waals surface area (Å²) < 4.78 is 5.19. The third-order valence-corrected chi connectivity index (χ3v) is 6.29. The number of methoxy groups -OCH3 is 1. The molecule has 2 aromatic rings. The van der Waals surface area contributed by atoms with Gasteiger partial charge in [0.15, 0.2) is 0 Å². The van der Waals surface area contributed by atoms with E-state index in [9.17, 15) is 9.59 Å². The van der Waals surface area contributed by atoms with Crippen LogP contribution in [0.15, 0.2) is 54.6 Å². The lowest BCUT2D eigenvalue weighted by Gasteiger charge is -2.44. The molecule has 0 radical (unpaired) electrons. The van der Waals surface area contributed by atoms with Gasteiger partial charge in [-0.05, 0) is 61.9 Å². The van der Waals surface area contributed by atoms with Gasteiger partial charge in [0.05, 0.1) is 7.11 Å². The van der Waals surface area contributed by atoms with Gasteiger partial charge in [-0.25, -0.2) is 0 Å². The lowest BCUT2D eigenvalue weighted by Crippen LogP contribution is -2.61. The summed E-state index contributed by atoms with van der Waals surface area (Å²) in [6.45, 7) is 2.12. The van der Waals surface area contributed by atoms with Crippen LogP contribution in [0.5, 0.6) is 5.75 Å². The summed E-state index contributed by atoms with van der Waals surface area (Å²) >= 11 is 0.